The van der Waals surface area contributed by atoms with Gasteiger partial charge in [0.25, 0.3) is 0 Å². The van der Waals surface area contributed by atoms with E-state index in [2.05, 4.69) is 55.0 Å². The molecule has 1 N–H and O–H groups in total. The molecular weight excluding hydrogens is 342 g/mol. The zero-order valence-electron chi connectivity index (χ0n) is 16.1. The molecule has 0 aliphatic carbocycles. The number of piperidine rings is 1. The normalized spacial score (nSPS) is 19.9. The Kier molecular flexibility index (Phi) is 5.52. The first-order chi connectivity index (χ1) is 11.1. The SMILES string of the molecule is CC.Cc1nc2sc(N(C)C3CC(C)(C)NC(C)(C)C3)nn2c1Cl. The van der Waals surface area contributed by atoms with Crippen LogP contribution in [0.5, 0.6) is 0 Å². The van der Waals surface area contributed by atoms with Crippen molar-refractivity contribution in [2.45, 2.75) is 78.4 Å². The molecule has 3 heterocycles. The van der Waals surface area contributed by atoms with E-state index in [1.54, 1.807) is 15.9 Å². The Balaban J connectivity index is 0.00000100. The topological polar surface area (TPSA) is 45.5 Å². The third-order valence-electron chi connectivity index (χ3n) is 4.32. The maximum absolute atomic E-state index is 6.25. The number of anilines is 1. The Hall–Kier alpha value is -0.850. The monoisotopic (exact) mass is 371 g/mol. The molecule has 0 radical (unpaired) electrons. The van der Waals surface area contributed by atoms with Gasteiger partial charge in [-0.2, -0.15) is 4.52 Å². The number of aromatic nitrogens is 3. The van der Waals surface area contributed by atoms with Gasteiger partial charge in [0.15, 0.2) is 5.15 Å². The van der Waals surface area contributed by atoms with Gasteiger partial charge in [-0.15, -0.1) is 5.10 Å². The van der Waals surface area contributed by atoms with Gasteiger partial charge in [0, 0.05) is 24.2 Å². The fourth-order valence-corrected chi connectivity index (χ4v) is 4.85. The van der Waals surface area contributed by atoms with Gasteiger partial charge < -0.3 is 10.2 Å². The van der Waals surface area contributed by atoms with Crippen molar-refractivity contribution >= 4 is 33.0 Å². The summed E-state index contributed by atoms with van der Waals surface area (Å²) < 4.78 is 1.74. The third-order valence-corrected chi connectivity index (χ3v) is 5.75. The van der Waals surface area contributed by atoms with Crippen molar-refractivity contribution < 1.29 is 0 Å². The molecule has 0 bridgehead atoms. The summed E-state index contributed by atoms with van der Waals surface area (Å²) in [6, 6.07) is 0.446. The Labute approximate surface area is 154 Å². The lowest BCUT2D eigenvalue weighted by atomic mass is 9.79. The molecule has 0 unspecified atom stereocenters. The molecule has 1 aliphatic heterocycles. The summed E-state index contributed by atoms with van der Waals surface area (Å²) in [6.07, 6.45) is 2.17. The predicted molar refractivity (Wildman–Crippen MR) is 105 cm³/mol. The Morgan fingerprint density at radius 2 is 1.75 bits per heavy atom. The number of halogens is 1. The Morgan fingerprint density at radius 3 is 2.25 bits per heavy atom. The first kappa shape index (κ1) is 19.5. The van der Waals surface area contributed by atoms with E-state index in [0.717, 1.165) is 28.6 Å². The molecule has 7 heteroatoms. The highest BCUT2D eigenvalue weighted by Crippen LogP contribution is 2.35. The van der Waals surface area contributed by atoms with Crippen LogP contribution in [0.1, 0.15) is 60.1 Å². The average Bonchev–Trinajstić information content (AvgIpc) is 2.98. The highest BCUT2D eigenvalue weighted by Gasteiger charge is 2.39. The van der Waals surface area contributed by atoms with Crippen LogP contribution in [-0.4, -0.2) is 38.8 Å². The third kappa shape index (κ3) is 3.86. The zero-order valence-corrected chi connectivity index (χ0v) is 17.6. The molecule has 2 aromatic heterocycles. The van der Waals surface area contributed by atoms with E-state index in [1.807, 2.05) is 20.8 Å². The predicted octanol–water partition coefficient (Wildman–Crippen LogP) is 4.52. The Morgan fingerprint density at radius 1 is 1.21 bits per heavy atom. The Bertz CT molecular complexity index is 687. The number of aryl methyl sites for hydroxylation is 1. The summed E-state index contributed by atoms with van der Waals surface area (Å²) in [6.45, 7) is 15.0. The molecule has 3 rings (SSSR count). The van der Waals surface area contributed by atoms with Crippen LogP contribution in [0.3, 0.4) is 0 Å². The molecule has 1 aliphatic rings. The summed E-state index contributed by atoms with van der Waals surface area (Å²) in [5, 5.41) is 9.96. The van der Waals surface area contributed by atoms with Gasteiger partial charge in [0.2, 0.25) is 10.1 Å². The molecule has 1 saturated heterocycles. The minimum absolute atomic E-state index is 0.117. The van der Waals surface area contributed by atoms with Crippen LogP contribution in [0, 0.1) is 6.92 Å². The largest absolute Gasteiger partial charge is 0.347 e. The molecule has 5 nitrogen and oxygen atoms in total. The van der Waals surface area contributed by atoms with Crippen LogP contribution in [-0.2, 0) is 0 Å². The minimum Gasteiger partial charge on any atom is -0.347 e. The molecule has 0 aromatic carbocycles. The van der Waals surface area contributed by atoms with Crippen LogP contribution in [0.15, 0.2) is 0 Å². The molecule has 0 saturated carbocycles. The number of fused-ring (bicyclic) bond motifs is 1. The van der Waals surface area contributed by atoms with Gasteiger partial charge in [0.05, 0.1) is 5.69 Å². The lowest BCUT2D eigenvalue weighted by molar-refractivity contribution is 0.161. The number of hydrogen-bond acceptors (Lipinski definition) is 5. The lowest BCUT2D eigenvalue weighted by Crippen LogP contribution is -2.61. The van der Waals surface area contributed by atoms with E-state index in [0.29, 0.717) is 11.2 Å². The molecular formula is C17H30ClN5S. The second kappa shape index (κ2) is 6.81. The van der Waals surface area contributed by atoms with E-state index in [1.165, 1.54) is 0 Å². The summed E-state index contributed by atoms with van der Waals surface area (Å²) in [5.41, 5.74) is 1.07. The van der Waals surface area contributed by atoms with Crippen LogP contribution in [0.4, 0.5) is 5.13 Å². The quantitative estimate of drug-likeness (QED) is 0.842. The van der Waals surface area contributed by atoms with E-state index in [-0.39, 0.29) is 11.1 Å². The first-order valence-corrected chi connectivity index (χ1v) is 9.81. The van der Waals surface area contributed by atoms with Gasteiger partial charge in [-0.1, -0.05) is 36.8 Å². The molecule has 136 valence electrons. The molecule has 24 heavy (non-hydrogen) atoms. The molecule has 0 amide bonds. The smallest absolute Gasteiger partial charge is 0.215 e. The minimum atomic E-state index is 0.117. The van der Waals surface area contributed by atoms with Crippen LogP contribution in [0.25, 0.3) is 4.96 Å². The van der Waals surface area contributed by atoms with Gasteiger partial charge in [-0.25, -0.2) is 4.98 Å². The standard InChI is InChI=1S/C15H24ClN5S.C2H6/c1-9-11(16)21-12(17-9)22-13(18-21)20(6)10-7-14(2,3)19-15(4,5)8-10;1-2/h10,19H,7-8H2,1-6H3;1-2H3. The van der Waals surface area contributed by atoms with Crippen molar-refractivity contribution in [3.63, 3.8) is 0 Å². The summed E-state index contributed by atoms with van der Waals surface area (Å²) in [4.78, 5) is 7.61. The maximum atomic E-state index is 6.25. The number of hydrogen-bond donors (Lipinski definition) is 1. The highest BCUT2D eigenvalue weighted by atomic mass is 35.5. The second-order valence-electron chi connectivity index (χ2n) is 7.63. The zero-order chi connectivity index (χ0) is 18.3. The summed E-state index contributed by atoms with van der Waals surface area (Å²) >= 11 is 7.85. The van der Waals surface area contributed by atoms with E-state index in [4.69, 9.17) is 11.6 Å². The molecule has 0 atom stereocenters. The van der Waals surface area contributed by atoms with Gasteiger partial charge in [-0.3, -0.25) is 0 Å². The number of nitrogens with one attached hydrogen (secondary N) is 1. The molecule has 1 fully saturated rings. The van der Waals surface area contributed by atoms with Crippen molar-refractivity contribution in [1.82, 2.24) is 19.9 Å². The van der Waals surface area contributed by atoms with Crippen molar-refractivity contribution in [1.29, 1.82) is 0 Å². The fraction of sp³-hybridized carbons (Fsp3) is 0.765. The van der Waals surface area contributed by atoms with Crippen molar-refractivity contribution in [2.24, 2.45) is 0 Å². The van der Waals surface area contributed by atoms with E-state index < -0.39 is 0 Å². The number of nitrogens with zero attached hydrogens (tertiary/aromatic N) is 4. The lowest BCUT2D eigenvalue weighted by Gasteiger charge is -2.48. The van der Waals surface area contributed by atoms with Crippen molar-refractivity contribution in [2.75, 3.05) is 11.9 Å². The fourth-order valence-electron chi connectivity index (χ4n) is 3.66. The second-order valence-corrected chi connectivity index (χ2v) is 8.93. The maximum Gasteiger partial charge on any atom is 0.215 e. The number of rotatable bonds is 2. The van der Waals surface area contributed by atoms with E-state index >= 15 is 0 Å². The molecule has 0 spiro atoms. The van der Waals surface area contributed by atoms with Crippen molar-refractivity contribution in [3.8, 4) is 0 Å². The van der Waals surface area contributed by atoms with Crippen molar-refractivity contribution in [3.05, 3.63) is 10.8 Å². The van der Waals surface area contributed by atoms with Gasteiger partial charge in [-0.05, 0) is 47.5 Å². The van der Waals surface area contributed by atoms with Crippen LogP contribution >= 0.6 is 22.9 Å². The van der Waals surface area contributed by atoms with Crippen LogP contribution < -0.4 is 10.2 Å². The average molecular weight is 372 g/mol. The van der Waals surface area contributed by atoms with Gasteiger partial charge in [0.1, 0.15) is 0 Å². The van der Waals surface area contributed by atoms with Gasteiger partial charge >= 0.3 is 0 Å². The van der Waals surface area contributed by atoms with Crippen LogP contribution in [0.2, 0.25) is 5.15 Å². The highest BCUT2D eigenvalue weighted by molar-refractivity contribution is 7.20. The molecule has 2 aromatic rings. The summed E-state index contributed by atoms with van der Waals surface area (Å²) in [5.74, 6) is 0. The summed E-state index contributed by atoms with van der Waals surface area (Å²) in [7, 11) is 2.13. The number of imidazole rings is 1. The van der Waals surface area contributed by atoms with E-state index in [9.17, 15) is 0 Å². The first-order valence-electron chi connectivity index (χ1n) is 8.62.